The van der Waals surface area contributed by atoms with Gasteiger partial charge in [-0.1, -0.05) is 23.2 Å². The number of carbonyl (C=O) groups is 2. The first-order valence-electron chi connectivity index (χ1n) is 10.2. The quantitative estimate of drug-likeness (QED) is 0.585. The van der Waals surface area contributed by atoms with Crippen LogP contribution in [0.25, 0.3) is 5.69 Å². The second-order valence-electron chi connectivity index (χ2n) is 7.79. The fraction of sp³-hybridized carbons (Fsp3) is 0.318. The number of rotatable bonds is 4. The molecule has 1 saturated heterocycles. The number of carbonyl (C=O) groups excluding carboxylic acids is 2. The molecule has 1 aliphatic heterocycles. The summed E-state index contributed by atoms with van der Waals surface area (Å²) in [6.45, 7) is 1.84. The molecule has 9 heteroatoms. The van der Waals surface area contributed by atoms with Crippen molar-refractivity contribution in [1.29, 1.82) is 0 Å². The van der Waals surface area contributed by atoms with Gasteiger partial charge in [0.1, 0.15) is 0 Å². The van der Waals surface area contributed by atoms with Crippen molar-refractivity contribution in [3.05, 3.63) is 69.9 Å². The molecule has 2 fully saturated rings. The van der Waals surface area contributed by atoms with Crippen LogP contribution in [0.1, 0.15) is 45.4 Å². The molecule has 2 aromatic heterocycles. The van der Waals surface area contributed by atoms with Crippen molar-refractivity contribution in [2.24, 2.45) is 0 Å². The molecule has 1 saturated carbocycles. The average Bonchev–Trinajstić information content (AvgIpc) is 3.28. The van der Waals surface area contributed by atoms with Crippen LogP contribution < -0.4 is 0 Å². The number of nitrogens with zero attached hydrogens (tertiary/aromatic N) is 4. The SMILES string of the molecule is O=C(c1ccco1)N1CCN(C(=O)c2cnn(-c3ccc(Cl)cc3Cl)c2C2CC2)CC1. The van der Waals surface area contributed by atoms with E-state index in [1.807, 2.05) is 6.07 Å². The Morgan fingerprint density at radius 2 is 1.71 bits per heavy atom. The summed E-state index contributed by atoms with van der Waals surface area (Å²) in [7, 11) is 0. The molecule has 3 aromatic rings. The van der Waals surface area contributed by atoms with Gasteiger partial charge >= 0.3 is 0 Å². The number of piperazine rings is 1. The Bertz CT molecular complexity index is 1130. The molecule has 2 aliphatic rings. The lowest BCUT2D eigenvalue weighted by Crippen LogP contribution is -2.50. The number of halogens is 2. The van der Waals surface area contributed by atoms with Gasteiger partial charge in [-0.15, -0.1) is 0 Å². The first-order valence-corrected chi connectivity index (χ1v) is 10.9. The molecule has 7 nitrogen and oxygen atoms in total. The molecule has 160 valence electrons. The lowest BCUT2D eigenvalue weighted by Gasteiger charge is -2.34. The van der Waals surface area contributed by atoms with Crippen molar-refractivity contribution in [2.45, 2.75) is 18.8 Å². The minimum Gasteiger partial charge on any atom is -0.459 e. The number of benzene rings is 1. The number of aromatic nitrogens is 2. The van der Waals surface area contributed by atoms with E-state index in [1.165, 1.54) is 6.26 Å². The summed E-state index contributed by atoms with van der Waals surface area (Å²) < 4.78 is 6.97. The molecular weight excluding hydrogens is 439 g/mol. The number of hydrogen-bond donors (Lipinski definition) is 0. The van der Waals surface area contributed by atoms with Gasteiger partial charge in [-0.3, -0.25) is 9.59 Å². The van der Waals surface area contributed by atoms with E-state index in [0.29, 0.717) is 53.2 Å². The lowest BCUT2D eigenvalue weighted by molar-refractivity contribution is 0.0517. The molecule has 3 heterocycles. The summed E-state index contributed by atoms with van der Waals surface area (Å²) in [5.74, 6) is 0.385. The second-order valence-corrected chi connectivity index (χ2v) is 8.63. The van der Waals surface area contributed by atoms with Gasteiger partial charge in [-0.05, 0) is 43.2 Å². The topological polar surface area (TPSA) is 71.6 Å². The minimum absolute atomic E-state index is 0.0664. The summed E-state index contributed by atoms with van der Waals surface area (Å²) in [6, 6.07) is 8.59. The zero-order valence-electron chi connectivity index (χ0n) is 16.6. The van der Waals surface area contributed by atoms with Crippen LogP contribution >= 0.6 is 23.2 Å². The van der Waals surface area contributed by atoms with Crippen molar-refractivity contribution in [3.63, 3.8) is 0 Å². The molecular formula is C22H20Cl2N4O3. The van der Waals surface area contributed by atoms with Crippen molar-refractivity contribution in [1.82, 2.24) is 19.6 Å². The standard InChI is InChI=1S/C22H20Cl2N4O3/c23-15-5-6-18(17(24)12-15)28-20(14-3-4-14)16(13-25-28)21(29)26-7-9-27(10-8-26)22(30)19-2-1-11-31-19/h1-2,5-6,11-14H,3-4,7-10H2. The minimum atomic E-state index is -0.152. The van der Waals surface area contributed by atoms with Gasteiger partial charge in [0.05, 0.1) is 34.4 Å². The van der Waals surface area contributed by atoms with Gasteiger partial charge < -0.3 is 14.2 Å². The molecule has 5 rings (SSSR count). The molecule has 0 radical (unpaired) electrons. The van der Waals surface area contributed by atoms with Crippen molar-refractivity contribution < 1.29 is 14.0 Å². The maximum Gasteiger partial charge on any atom is 0.289 e. The van der Waals surface area contributed by atoms with Crippen LogP contribution in [-0.4, -0.2) is 57.6 Å². The van der Waals surface area contributed by atoms with Gasteiger partial charge in [0.2, 0.25) is 0 Å². The maximum atomic E-state index is 13.3. The van der Waals surface area contributed by atoms with Crippen LogP contribution in [0.3, 0.4) is 0 Å². The molecule has 0 N–H and O–H groups in total. The van der Waals surface area contributed by atoms with Gasteiger partial charge in [-0.25, -0.2) is 4.68 Å². The highest BCUT2D eigenvalue weighted by molar-refractivity contribution is 6.35. The largest absolute Gasteiger partial charge is 0.459 e. The Morgan fingerprint density at radius 3 is 2.32 bits per heavy atom. The normalized spacial score (nSPS) is 16.6. The van der Waals surface area contributed by atoms with E-state index < -0.39 is 0 Å². The average molecular weight is 459 g/mol. The summed E-state index contributed by atoms with van der Waals surface area (Å²) in [5, 5.41) is 5.53. The van der Waals surface area contributed by atoms with Crippen molar-refractivity contribution >= 4 is 35.0 Å². The molecule has 0 atom stereocenters. The zero-order valence-corrected chi connectivity index (χ0v) is 18.1. The van der Waals surface area contributed by atoms with Crippen LogP contribution in [0.4, 0.5) is 0 Å². The van der Waals surface area contributed by atoms with E-state index >= 15 is 0 Å². The zero-order chi connectivity index (χ0) is 21.5. The molecule has 2 amide bonds. The van der Waals surface area contributed by atoms with Crippen LogP contribution in [-0.2, 0) is 0 Å². The third kappa shape index (κ3) is 3.83. The molecule has 1 aliphatic carbocycles. The summed E-state index contributed by atoms with van der Waals surface area (Å²) in [4.78, 5) is 29.3. The molecule has 1 aromatic carbocycles. The van der Waals surface area contributed by atoms with E-state index in [4.69, 9.17) is 27.6 Å². The van der Waals surface area contributed by atoms with Gasteiger partial charge in [0.25, 0.3) is 11.8 Å². The van der Waals surface area contributed by atoms with E-state index in [2.05, 4.69) is 5.10 Å². The van der Waals surface area contributed by atoms with Crippen molar-refractivity contribution in [2.75, 3.05) is 26.2 Å². The van der Waals surface area contributed by atoms with Crippen LogP contribution in [0.5, 0.6) is 0 Å². The lowest BCUT2D eigenvalue weighted by atomic mass is 10.1. The molecule has 0 unspecified atom stereocenters. The third-order valence-electron chi connectivity index (χ3n) is 5.72. The first-order chi connectivity index (χ1) is 15.0. The molecule has 31 heavy (non-hydrogen) atoms. The highest BCUT2D eigenvalue weighted by atomic mass is 35.5. The number of amides is 2. The van der Waals surface area contributed by atoms with Crippen molar-refractivity contribution in [3.8, 4) is 5.69 Å². The fourth-order valence-electron chi connectivity index (χ4n) is 3.96. The monoisotopic (exact) mass is 458 g/mol. The van der Waals surface area contributed by atoms with Gasteiger partial charge in [0, 0.05) is 37.1 Å². The Morgan fingerprint density at radius 1 is 1.00 bits per heavy atom. The smallest absolute Gasteiger partial charge is 0.289 e. The third-order valence-corrected chi connectivity index (χ3v) is 6.26. The predicted molar refractivity (Wildman–Crippen MR) is 116 cm³/mol. The highest BCUT2D eigenvalue weighted by Gasteiger charge is 2.35. The Kier molecular flexibility index (Phi) is 5.24. The predicted octanol–water partition coefficient (Wildman–Crippen LogP) is 4.25. The second kappa shape index (κ2) is 8.05. The van der Waals surface area contributed by atoms with Crippen LogP contribution in [0.15, 0.2) is 47.2 Å². The number of furan rings is 1. The first kappa shape index (κ1) is 20.2. The Labute approximate surface area is 189 Å². The van der Waals surface area contributed by atoms with E-state index in [0.717, 1.165) is 18.5 Å². The van der Waals surface area contributed by atoms with Gasteiger partial charge in [-0.2, -0.15) is 5.10 Å². The maximum absolute atomic E-state index is 13.3. The number of hydrogen-bond acceptors (Lipinski definition) is 4. The van der Waals surface area contributed by atoms with E-state index in [-0.39, 0.29) is 17.7 Å². The van der Waals surface area contributed by atoms with Gasteiger partial charge in [0.15, 0.2) is 5.76 Å². The molecule has 0 spiro atoms. The van der Waals surface area contributed by atoms with Crippen LogP contribution in [0.2, 0.25) is 10.0 Å². The Balaban J connectivity index is 1.36. The van der Waals surface area contributed by atoms with E-state index in [9.17, 15) is 9.59 Å². The Hall–Kier alpha value is -2.77. The summed E-state index contributed by atoms with van der Waals surface area (Å²) in [6.07, 6.45) is 5.14. The van der Waals surface area contributed by atoms with E-state index in [1.54, 1.807) is 44.9 Å². The van der Waals surface area contributed by atoms with Crippen LogP contribution in [0, 0.1) is 0 Å². The summed E-state index contributed by atoms with van der Waals surface area (Å²) in [5.41, 5.74) is 2.20. The highest BCUT2D eigenvalue weighted by Crippen LogP contribution is 2.43. The molecule has 0 bridgehead atoms. The summed E-state index contributed by atoms with van der Waals surface area (Å²) >= 11 is 12.4. The fourth-order valence-corrected chi connectivity index (χ4v) is 4.44.